The number of nitrogens with zero attached hydrogens (tertiary/aromatic N) is 1. The molecule has 0 amide bonds. The van der Waals surface area contributed by atoms with Crippen molar-refractivity contribution in [3.63, 3.8) is 0 Å². The Morgan fingerprint density at radius 3 is 2.45 bits per heavy atom. The molecule has 3 aromatic rings. The van der Waals surface area contributed by atoms with Gasteiger partial charge in [-0.05, 0) is 67.6 Å². The number of benzene rings is 2. The Bertz CT molecular complexity index is 1150. The Kier molecular flexibility index (Phi) is 5.69. The molecule has 7 heteroatoms. The first-order valence-corrected chi connectivity index (χ1v) is 11.4. The maximum atomic E-state index is 12.6. The molecule has 1 aromatic heterocycles. The average Bonchev–Trinajstić information content (AvgIpc) is 2.74. The smallest absolute Gasteiger partial charge is 0.336 e. The first kappa shape index (κ1) is 19.7. The van der Waals surface area contributed by atoms with Crippen LogP contribution in [0.4, 0.5) is 5.69 Å². The fourth-order valence-electron chi connectivity index (χ4n) is 3.66. The maximum absolute atomic E-state index is 12.6. The molecule has 29 heavy (non-hydrogen) atoms. The summed E-state index contributed by atoms with van der Waals surface area (Å²) in [6.07, 6.45) is 4.40. The van der Waals surface area contributed by atoms with E-state index < -0.39 is 15.6 Å². The monoisotopic (exact) mass is 412 g/mol. The zero-order chi connectivity index (χ0) is 20.3. The van der Waals surface area contributed by atoms with Gasteiger partial charge in [0.1, 0.15) is 5.58 Å². The predicted octanol–water partition coefficient (Wildman–Crippen LogP) is 3.30. The molecule has 0 bridgehead atoms. The minimum absolute atomic E-state index is 0.152. The van der Waals surface area contributed by atoms with E-state index in [0.717, 1.165) is 18.7 Å². The Morgan fingerprint density at radius 2 is 1.69 bits per heavy atom. The zero-order valence-corrected chi connectivity index (χ0v) is 17.0. The fraction of sp³-hybridized carbons (Fsp3) is 0.318. The third kappa shape index (κ3) is 4.68. The van der Waals surface area contributed by atoms with Crippen molar-refractivity contribution in [3.8, 4) is 0 Å². The lowest BCUT2D eigenvalue weighted by Crippen LogP contribution is -2.29. The quantitative estimate of drug-likeness (QED) is 0.629. The topological polar surface area (TPSA) is 79.6 Å². The van der Waals surface area contributed by atoms with Crippen molar-refractivity contribution in [2.24, 2.45) is 0 Å². The molecule has 6 nitrogen and oxygen atoms in total. The number of piperidine rings is 1. The summed E-state index contributed by atoms with van der Waals surface area (Å²) >= 11 is 0. The average molecular weight is 413 g/mol. The molecular formula is C22H24N2O4S. The number of nitrogens with one attached hydrogen (secondary N) is 1. The van der Waals surface area contributed by atoms with Crippen LogP contribution in [-0.4, -0.2) is 28.1 Å². The van der Waals surface area contributed by atoms with Gasteiger partial charge in [0.2, 0.25) is 10.0 Å². The highest BCUT2D eigenvalue weighted by atomic mass is 32.2. The van der Waals surface area contributed by atoms with Gasteiger partial charge in [-0.3, -0.25) is 0 Å². The molecule has 0 radical (unpaired) electrons. The van der Waals surface area contributed by atoms with Crippen LogP contribution in [0, 0.1) is 0 Å². The SMILES string of the molecule is O=c1ccc2cc(S(=O)(=O)NCCc3ccc(N4CCCCC4)cc3)ccc2o1. The van der Waals surface area contributed by atoms with Crippen LogP contribution < -0.4 is 15.2 Å². The van der Waals surface area contributed by atoms with Gasteiger partial charge in [0.25, 0.3) is 0 Å². The molecule has 1 aliphatic rings. The molecule has 152 valence electrons. The number of hydrogen-bond acceptors (Lipinski definition) is 5. The molecule has 4 rings (SSSR count). The molecule has 0 saturated carbocycles. The molecular weight excluding hydrogens is 388 g/mol. The van der Waals surface area contributed by atoms with Gasteiger partial charge in [-0.15, -0.1) is 0 Å². The van der Waals surface area contributed by atoms with Gasteiger partial charge in [0.05, 0.1) is 4.90 Å². The van der Waals surface area contributed by atoms with E-state index in [1.54, 1.807) is 6.07 Å². The summed E-state index contributed by atoms with van der Waals surface area (Å²) in [7, 11) is -3.64. The minimum Gasteiger partial charge on any atom is -0.423 e. The van der Waals surface area contributed by atoms with Crippen LogP contribution in [0.2, 0.25) is 0 Å². The van der Waals surface area contributed by atoms with Gasteiger partial charge in [-0.2, -0.15) is 0 Å². The number of hydrogen-bond donors (Lipinski definition) is 1. The Labute approximate surface area is 170 Å². The van der Waals surface area contributed by atoms with E-state index in [0.29, 0.717) is 23.9 Å². The first-order chi connectivity index (χ1) is 14.0. The van der Waals surface area contributed by atoms with Crippen molar-refractivity contribution in [1.29, 1.82) is 0 Å². The Morgan fingerprint density at radius 1 is 0.931 bits per heavy atom. The lowest BCUT2D eigenvalue weighted by molar-refractivity contribution is 0.560. The summed E-state index contributed by atoms with van der Waals surface area (Å²) in [6.45, 7) is 2.52. The van der Waals surface area contributed by atoms with Gasteiger partial charge < -0.3 is 9.32 Å². The van der Waals surface area contributed by atoms with E-state index in [1.807, 2.05) is 0 Å². The molecule has 0 unspecified atom stereocenters. The lowest BCUT2D eigenvalue weighted by Gasteiger charge is -2.28. The van der Waals surface area contributed by atoms with Crippen LogP contribution >= 0.6 is 0 Å². The van der Waals surface area contributed by atoms with Crippen LogP contribution in [0.5, 0.6) is 0 Å². The van der Waals surface area contributed by atoms with Gasteiger partial charge in [-0.25, -0.2) is 17.9 Å². The van der Waals surface area contributed by atoms with Gasteiger partial charge >= 0.3 is 5.63 Å². The predicted molar refractivity (Wildman–Crippen MR) is 114 cm³/mol. The second kappa shape index (κ2) is 8.39. The number of sulfonamides is 1. The highest BCUT2D eigenvalue weighted by Gasteiger charge is 2.15. The molecule has 1 fully saturated rings. The van der Waals surface area contributed by atoms with Crippen molar-refractivity contribution >= 4 is 26.7 Å². The number of rotatable bonds is 6. The number of anilines is 1. The highest BCUT2D eigenvalue weighted by Crippen LogP contribution is 2.21. The van der Waals surface area contributed by atoms with E-state index in [4.69, 9.17) is 4.42 Å². The van der Waals surface area contributed by atoms with Crippen LogP contribution in [0.15, 0.2) is 68.7 Å². The van der Waals surface area contributed by atoms with Crippen molar-refractivity contribution in [1.82, 2.24) is 4.72 Å². The molecule has 1 saturated heterocycles. The summed E-state index contributed by atoms with van der Waals surface area (Å²) in [5, 5.41) is 0.570. The van der Waals surface area contributed by atoms with Crippen LogP contribution in [0.1, 0.15) is 24.8 Å². The zero-order valence-electron chi connectivity index (χ0n) is 16.1. The summed E-state index contributed by atoms with van der Waals surface area (Å²) in [5.41, 5.74) is 2.23. The van der Waals surface area contributed by atoms with Crippen LogP contribution in [-0.2, 0) is 16.4 Å². The van der Waals surface area contributed by atoms with E-state index in [1.165, 1.54) is 49.2 Å². The molecule has 1 N–H and O–H groups in total. The highest BCUT2D eigenvalue weighted by molar-refractivity contribution is 7.89. The van der Waals surface area contributed by atoms with E-state index >= 15 is 0 Å². The van der Waals surface area contributed by atoms with E-state index in [-0.39, 0.29) is 4.90 Å². The van der Waals surface area contributed by atoms with Crippen LogP contribution in [0.25, 0.3) is 11.0 Å². The maximum Gasteiger partial charge on any atom is 0.336 e. The molecule has 2 heterocycles. The summed E-state index contributed by atoms with van der Waals surface area (Å²) in [4.78, 5) is 13.8. The van der Waals surface area contributed by atoms with Crippen LogP contribution in [0.3, 0.4) is 0 Å². The van der Waals surface area contributed by atoms with Crippen molar-refractivity contribution in [3.05, 3.63) is 70.6 Å². The van der Waals surface area contributed by atoms with Crippen molar-refractivity contribution in [2.45, 2.75) is 30.6 Å². The van der Waals surface area contributed by atoms with Crippen molar-refractivity contribution < 1.29 is 12.8 Å². The standard InChI is InChI=1S/C22H24N2O4S/c25-22-11-6-18-16-20(9-10-21(18)28-22)29(26,27)23-13-12-17-4-7-19(8-5-17)24-14-2-1-3-15-24/h4-11,16,23H,1-3,12-15H2. The molecule has 0 atom stereocenters. The molecule has 1 aliphatic heterocycles. The molecule has 2 aromatic carbocycles. The Hall–Kier alpha value is -2.64. The molecule has 0 aliphatic carbocycles. The number of fused-ring (bicyclic) bond motifs is 1. The van der Waals surface area contributed by atoms with Gasteiger partial charge in [0.15, 0.2) is 0 Å². The van der Waals surface area contributed by atoms with E-state index in [9.17, 15) is 13.2 Å². The lowest BCUT2D eigenvalue weighted by atomic mass is 10.1. The molecule has 0 spiro atoms. The fourth-order valence-corrected chi connectivity index (χ4v) is 4.72. The third-order valence-corrected chi connectivity index (χ3v) is 6.72. The normalized spacial score (nSPS) is 15.0. The summed E-state index contributed by atoms with van der Waals surface area (Å²) in [6, 6.07) is 15.7. The third-order valence-electron chi connectivity index (χ3n) is 5.26. The van der Waals surface area contributed by atoms with Crippen molar-refractivity contribution in [2.75, 3.05) is 24.5 Å². The second-order valence-corrected chi connectivity index (χ2v) is 9.08. The summed E-state index contributed by atoms with van der Waals surface area (Å²) in [5.74, 6) is 0. The van der Waals surface area contributed by atoms with E-state index in [2.05, 4.69) is 33.9 Å². The second-order valence-electron chi connectivity index (χ2n) is 7.32. The van der Waals surface area contributed by atoms with Gasteiger partial charge in [0, 0.05) is 36.8 Å². The van der Waals surface area contributed by atoms with Gasteiger partial charge in [-0.1, -0.05) is 12.1 Å². The Balaban J connectivity index is 1.38. The minimum atomic E-state index is -3.64. The summed E-state index contributed by atoms with van der Waals surface area (Å²) < 4.78 is 32.9. The largest absolute Gasteiger partial charge is 0.423 e. The first-order valence-electron chi connectivity index (χ1n) is 9.89.